The predicted molar refractivity (Wildman–Crippen MR) is 109 cm³/mol. The van der Waals surface area contributed by atoms with Crippen LogP contribution in [0, 0.1) is 0 Å². The second-order valence-corrected chi connectivity index (χ2v) is 7.75. The third kappa shape index (κ3) is 4.77. The maximum Gasteiger partial charge on any atom is 0.416 e. The SMILES string of the molecule is CC(c1cccnc1)N1CCN(C(C)c2nc(-c3cccc(C(F)(F)F)c3)no2)CC1. The van der Waals surface area contributed by atoms with Crippen LogP contribution in [0.2, 0.25) is 0 Å². The summed E-state index contributed by atoms with van der Waals surface area (Å²) in [5.41, 5.74) is 0.738. The van der Waals surface area contributed by atoms with Crippen molar-refractivity contribution in [2.75, 3.05) is 26.2 Å². The smallest absolute Gasteiger partial charge is 0.337 e. The Morgan fingerprint density at radius 1 is 0.968 bits per heavy atom. The van der Waals surface area contributed by atoms with E-state index >= 15 is 0 Å². The summed E-state index contributed by atoms with van der Waals surface area (Å²) in [7, 11) is 0. The van der Waals surface area contributed by atoms with Crippen molar-refractivity contribution in [2.45, 2.75) is 32.1 Å². The Morgan fingerprint density at radius 3 is 2.32 bits per heavy atom. The molecular formula is C22H24F3N5O. The summed E-state index contributed by atoms with van der Waals surface area (Å²) >= 11 is 0. The highest BCUT2D eigenvalue weighted by Gasteiger charge is 2.31. The molecule has 1 saturated heterocycles. The van der Waals surface area contributed by atoms with Crippen molar-refractivity contribution in [1.82, 2.24) is 24.9 Å². The van der Waals surface area contributed by atoms with Crippen LogP contribution in [-0.2, 0) is 6.18 Å². The van der Waals surface area contributed by atoms with Crippen molar-refractivity contribution in [3.63, 3.8) is 0 Å². The second kappa shape index (κ2) is 8.76. The number of pyridine rings is 1. The van der Waals surface area contributed by atoms with Crippen LogP contribution in [-0.4, -0.2) is 51.1 Å². The van der Waals surface area contributed by atoms with Gasteiger partial charge in [0.25, 0.3) is 0 Å². The Kier molecular flexibility index (Phi) is 6.06. The van der Waals surface area contributed by atoms with Gasteiger partial charge in [-0.25, -0.2) is 0 Å². The predicted octanol–water partition coefficient (Wildman–Crippen LogP) is 4.59. The summed E-state index contributed by atoms with van der Waals surface area (Å²) < 4.78 is 44.3. The molecule has 6 nitrogen and oxygen atoms in total. The lowest BCUT2D eigenvalue weighted by Crippen LogP contribution is -2.47. The number of rotatable bonds is 5. The van der Waals surface area contributed by atoms with Crippen LogP contribution in [0.5, 0.6) is 0 Å². The van der Waals surface area contributed by atoms with Gasteiger partial charge in [-0.1, -0.05) is 23.4 Å². The number of benzene rings is 1. The number of hydrogen-bond acceptors (Lipinski definition) is 6. The third-order valence-electron chi connectivity index (χ3n) is 5.86. The minimum Gasteiger partial charge on any atom is -0.337 e. The van der Waals surface area contributed by atoms with Crippen LogP contribution < -0.4 is 0 Å². The van der Waals surface area contributed by atoms with Crippen molar-refractivity contribution < 1.29 is 17.7 Å². The topological polar surface area (TPSA) is 58.3 Å². The molecule has 164 valence electrons. The quantitative estimate of drug-likeness (QED) is 0.589. The summed E-state index contributed by atoms with van der Waals surface area (Å²) in [4.78, 5) is 13.2. The van der Waals surface area contributed by atoms with Crippen molar-refractivity contribution in [1.29, 1.82) is 0 Å². The van der Waals surface area contributed by atoms with Crippen LogP contribution in [0.15, 0.2) is 53.3 Å². The van der Waals surface area contributed by atoms with E-state index in [-0.39, 0.29) is 23.5 Å². The van der Waals surface area contributed by atoms with E-state index in [1.54, 1.807) is 12.3 Å². The van der Waals surface area contributed by atoms with E-state index in [9.17, 15) is 13.2 Å². The first-order valence-corrected chi connectivity index (χ1v) is 10.2. The Hall–Kier alpha value is -2.78. The molecule has 1 fully saturated rings. The van der Waals surface area contributed by atoms with Gasteiger partial charge in [-0.2, -0.15) is 18.2 Å². The van der Waals surface area contributed by atoms with Crippen LogP contribution in [0.25, 0.3) is 11.4 Å². The van der Waals surface area contributed by atoms with Gasteiger partial charge < -0.3 is 4.52 Å². The van der Waals surface area contributed by atoms with Gasteiger partial charge in [0.1, 0.15) is 0 Å². The molecule has 2 aromatic heterocycles. The molecule has 0 amide bonds. The van der Waals surface area contributed by atoms with Crippen molar-refractivity contribution in [2.24, 2.45) is 0 Å². The minimum atomic E-state index is -4.41. The normalized spacial score (nSPS) is 18.1. The van der Waals surface area contributed by atoms with Gasteiger partial charge in [-0.3, -0.25) is 14.8 Å². The highest BCUT2D eigenvalue weighted by atomic mass is 19.4. The number of hydrogen-bond donors (Lipinski definition) is 0. The van der Waals surface area contributed by atoms with E-state index in [0.29, 0.717) is 5.89 Å². The Labute approximate surface area is 178 Å². The summed E-state index contributed by atoms with van der Waals surface area (Å²) in [5, 5.41) is 3.91. The molecule has 0 saturated carbocycles. The van der Waals surface area contributed by atoms with E-state index < -0.39 is 11.7 Å². The van der Waals surface area contributed by atoms with E-state index in [1.165, 1.54) is 11.6 Å². The lowest BCUT2D eigenvalue weighted by Gasteiger charge is -2.39. The number of nitrogens with zero attached hydrogens (tertiary/aromatic N) is 5. The van der Waals surface area contributed by atoms with Gasteiger partial charge in [0.15, 0.2) is 0 Å². The van der Waals surface area contributed by atoms with Crippen LogP contribution in [0.3, 0.4) is 0 Å². The molecular weight excluding hydrogens is 407 g/mol. The summed E-state index contributed by atoms with van der Waals surface area (Å²) in [6, 6.07) is 9.15. The van der Waals surface area contributed by atoms with E-state index in [2.05, 4.69) is 37.9 Å². The fraction of sp³-hybridized carbons (Fsp3) is 0.409. The van der Waals surface area contributed by atoms with E-state index in [0.717, 1.165) is 38.3 Å². The van der Waals surface area contributed by atoms with Crippen LogP contribution in [0.1, 0.15) is 42.9 Å². The maximum absolute atomic E-state index is 13.0. The first-order valence-electron chi connectivity index (χ1n) is 10.2. The molecule has 0 bridgehead atoms. The summed E-state index contributed by atoms with van der Waals surface area (Å²) in [5.74, 6) is 0.568. The molecule has 2 unspecified atom stereocenters. The monoisotopic (exact) mass is 431 g/mol. The van der Waals surface area contributed by atoms with Gasteiger partial charge in [-0.05, 0) is 37.6 Å². The molecule has 1 aliphatic rings. The minimum absolute atomic E-state index is 0.122. The zero-order valence-electron chi connectivity index (χ0n) is 17.4. The molecule has 1 aromatic carbocycles. The first kappa shape index (κ1) is 21.5. The van der Waals surface area contributed by atoms with Gasteiger partial charge in [-0.15, -0.1) is 0 Å². The molecule has 3 heterocycles. The summed E-state index contributed by atoms with van der Waals surface area (Å²) in [6.07, 6.45) is -0.746. The van der Waals surface area contributed by atoms with Crippen molar-refractivity contribution >= 4 is 0 Å². The fourth-order valence-corrected chi connectivity index (χ4v) is 3.86. The maximum atomic E-state index is 13.0. The number of aromatic nitrogens is 3. The molecule has 0 N–H and O–H groups in total. The number of piperazine rings is 1. The molecule has 0 aliphatic carbocycles. The summed E-state index contributed by atoms with van der Waals surface area (Å²) in [6.45, 7) is 7.57. The molecule has 9 heteroatoms. The van der Waals surface area contributed by atoms with Gasteiger partial charge >= 0.3 is 6.18 Å². The lowest BCUT2D eigenvalue weighted by molar-refractivity contribution is -0.137. The standard InChI is InChI=1S/C22H24F3N5O/c1-15(18-6-4-8-26-14-18)29-9-11-30(12-10-29)16(2)21-27-20(28-31-21)17-5-3-7-19(13-17)22(23,24)25/h3-8,13-16H,9-12H2,1-2H3. The zero-order chi connectivity index (χ0) is 22.0. The number of halogens is 3. The largest absolute Gasteiger partial charge is 0.416 e. The Morgan fingerprint density at radius 2 is 1.68 bits per heavy atom. The molecule has 31 heavy (non-hydrogen) atoms. The van der Waals surface area contributed by atoms with Gasteiger partial charge in [0, 0.05) is 50.2 Å². The zero-order valence-corrected chi connectivity index (χ0v) is 17.4. The van der Waals surface area contributed by atoms with Gasteiger partial charge in [0.05, 0.1) is 11.6 Å². The van der Waals surface area contributed by atoms with Crippen molar-refractivity contribution in [3.05, 3.63) is 65.8 Å². The van der Waals surface area contributed by atoms with E-state index in [4.69, 9.17) is 4.52 Å². The van der Waals surface area contributed by atoms with E-state index in [1.807, 2.05) is 19.2 Å². The van der Waals surface area contributed by atoms with Crippen molar-refractivity contribution in [3.8, 4) is 11.4 Å². The number of alkyl halides is 3. The highest BCUT2D eigenvalue weighted by molar-refractivity contribution is 5.55. The molecule has 4 rings (SSSR count). The highest BCUT2D eigenvalue weighted by Crippen LogP contribution is 2.32. The van der Waals surface area contributed by atoms with Crippen LogP contribution in [0.4, 0.5) is 13.2 Å². The molecule has 3 aromatic rings. The second-order valence-electron chi connectivity index (χ2n) is 7.75. The fourth-order valence-electron chi connectivity index (χ4n) is 3.86. The third-order valence-corrected chi connectivity index (χ3v) is 5.86. The van der Waals surface area contributed by atoms with Gasteiger partial charge in [0.2, 0.25) is 11.7 Å². The molecule has 1 aliphatic heterocycles. The Bertz CT molecular complexity index is 1000. The average molecular weight is 431 g/mol. The molecule has 0 radical (unpaired) electrons. The van der Waals surface area contributed by atoms with Crippen LogP contribution >= 0.6 is 0 Å². The molecule has 2 atom stereocenters. The lowest BCUT2D eigenvalue weighted by atomic mass is 10.1. The molecule has 0 spiro atoms. The Balaban J connectivity index is 1.40. The first-order chi connectivity index (χ1) is 14.8. The average Bonchev–Trinajstić information content (AvgIpc) is 3.29.